The summed E-state index contributed by atoms with van der Waals surface area (Å²) in [7, 11) is -2.31. The normalized spacial score (nSPS) is 11.2. The largest absolute Gasteiger partial charge is 0.495 e. The van der Waals surface area contributed by atoms with Crippen LogP contribution < -0.4 is 9.46 Å². The number of hydrogen-bond acceptors (Lipinski definition) is 4. The molecule has 0 saturated carbocycles. The predicted octanol–water partition coefficient (Wildman–Crippen LogP) is 3.34. The van der Waals surface area contributed by atoms with Crippen molar-refractivity contribution in [1.82, 2.24) is 9.78 Å². The molecule has 0 aliphatic rings. The molecule has 0 atom stereocenters. The van der Waals surface area contributed by atoms with Gasteiger partial charge in [-0.1, -0.05) is 29.8 Å². The lowest BCUT2D eigenvalue weighted by Gasteiger charge is -2.08. The number of aromatic nitrogens is 2. The number of para-hydroxylation sites is 1. The number of benzene rings is 2. The third-order valence-electron chi connectivity index (χ3n) is 3.29. The summed E-state index contributed by atoms with van der Waals surface area (Å²) < 4.78 is 34.0. The Morgan fingerprint density at radius 3 is 2.58 bits per heavy atom. The molecule has 1 N–H and O–H groups in total. The summed E-state index contributed by atoms with van der Waals surface area (Å²) >= 11 is 5.99. The van der Waals surface area contributed by atoms with E-state index in [1.165, 1.54) is 31.5 Å². The Labute approximate surface area is 144 Å². The number of nitrogens with one attached hydrogen (secondary N) is 1. The molecule has 0 spiro atoms. The Morgan fingerprint density at radius 2 is 1.92 bits per heavy atom. The Bertz CT molecular complexity index is 956. The maximum atomic E-state index is 12.5. The van der Waals surface area contributed by atoms with Gasteiger partial charge in [0.05, 0.1) is 40.8 Å². The first-order chi connectivity index (χ1) is 11.5. The van der Waals surface area contributed by atoms with Crippen LogP contribution in [0.25, 0.3) is 5.69 Å². The quantitative estimate of drug-likeness (QED) is 0.754. The van der Waals surface area contributed by atoms with Gasteiger partial charge in [0.25, 0.3) is 10.0 Å². The van der Waals surface area contributed by atoms with E-state index in [0.717, 1.165) is 5.69 Å². The predicted molar refractivity (Wildman–Crippen MR) is 92.4 cm³/mol. The van der Waals surface area contributed by atoms with Crippen molar-refractivity contribution in [3.05, 3.63) is 65.9 Å². The summed E-state index contributed by atoms with van der Waals surface area (Å²) in [5, 5.41) is 4.38. The number of hydrogen-bond donors (Lipinski definition) is 1. The highest BCUT2D eigenvalue weighted by Crippen LogP contribution is 2.27. The van der Waals surface area contributed by atoms with Crippen molar-refractivity contribution in [2.75, 3.05) is 11.8 Å². The van der Waals surface area contributed by atoms with Gasteiger partial charge >= 0.3 is 0 Å². The number of methoxy groups -OCH3 is 1. The van der Waals surface area contributed by atoms with Gasteiger partial charge in [0.1, 0.15) is 5.75 Å². The zero-order valence-electron chi connectivity index (χ0n) is 12.7. The Kier molecular flexibility index (Phi) is 4.46. The third-order valence-corrected chi connectivity index (χ3v) is 4.96. The molecule has 0 bridgehead atoms. The van der Waals surface area contributed by atoms with Crippen LogP contribution in [0.15, 0.2) is 65.8 Å². The van der Waals surface area contributed by atoms with Gasteiger partial charge in [0, 0.05) is 0 Å². The van der Waals surface area contributed by atoms with Crippen LogP contribution in [0.2, 0.25) is 5.02 Å². The molecule has 0 aliphatic heterocycles. The standard InChI is InChI=1S/C16H14ClN3O3S/c1-23-16-8-7-14(9-15(16)17)24(21,22)19-12-10-18-20(11-12)13-5-3-2-4-6-13/h2-11,19H,1H3. The summed E-state index contributed by atoms with van der Waals surface area (Å²) in [5.74, 6) is 0.410. The maximum absolute atomic E-state index is 12.5. The fraction of sp³-hybridized carbons (Fsp3) is 0.0625. The van der Waals surface area contributed by atoms with Crippen molar-refractivity contribution < 1.29 is 13.2 Å². The van der Waals surface area contributed by atoms with Crippen LogP contribution in [0.5, 0.6) is 5.75 Å². The molecule has 3 aromatic rings. The second kappa shape index (κ2) is 6.54. The molecule has 124 valence electrons. The first-order valence-corrected chi connectivity index (χ1v) is 8.82. The zero-order chi connectivity index (χ0) is 17.2. The van der Waals surface area contributed by atoms with Crippen LogP contribution in [0, 0.1) is 0 Å². The molecule has 0 radical (unpaired) electrons. The Morgan fingerprint density at radius 1 is 1.17 bits per heavy atom. The van der Waals surface area contributed by atoms with E-state index in [1.807, 2.05) is 30.3 Å². The fourth-order valence-electron chi connectivity index (χ4n) is 2.13. The van der Waals surface area contributed by atoms with Gasteiger partial charge in [-0.2, -0.15) is 5.10 Å². The van der Waals surface area contributed by atoms with E-state index in [-0.39, 0.29) is 9.92 Å². The van der Waals surface area contributed by atoms with Crippen molar-refractivity contribution in [1.29, 1.82) is 0 Å². The first kappa shape index (κ1) is 16.4. The maximum Gasteiger partial charge on any atom is 0.262 e. The molecule has 0 amide bonds. The van der Waals surface area contributed by atoms with Crippen molar-refractivity contribution in [2.24, 2.45) is 0 Å². The minimum absolute atomic E-state index is 0.0424. The lowest BCUT2D eigenvalue weighted by Crippen LogP contribution is -2.12. The van der Waals surface area contributed by atoms with E-state index in [9.17, 15) is 8.42 Å². The summed E-state index contributed by atoms with van der Waals surface area (Å²) in [6.07, 6.45) is 3.04. The summed E-state index contributed by atoms with van der Waals surface area (Å²) in [4.78, 5) is 0.0424. The van der Waals surface area contributed by atoms with E-state index in [2.05, 4.69) is 9.82 Å². The van der Waals surface area contributed by atoms with Crippen LogP contribution >= 0.6 is 11.6 Å². The van der Waals surface area contributed by atoms with E-state index in [1.54, 1.807) is 10.9 Å². The average molecular weight is 364 g/mol. The molecule has 0 fully saturated rings. The molecule has 1 heterocycles. The molecule has 0 saturated heterocycles. The third kappa shape index (κ3) is 3.37. The van der Waals surface area contributed by atoms with Crippen LogP contribution in [0.1, 0.15) is 0 Å². The fourth-order valence-corrected chi connectivity index (χ4v) is 3.50. The lowest BCUT2D eigenvalue weighted by atomic mass is 10.3. The molecule has 24 heavy (non-hydrogen) atoms. The van der Waals surface area contributed by atoms with Crippen LogP contribution in [0.4, 0.5) is 5.69 Å². The number of anilines is 1. The minimum atomic E-state index is -3.77. The monoisotopic (exact) mass is 363 g/mol. The van der Waals surface area contributed by atoms with Crippen molar-refractivity contribution in [2.45, 2.75) is 4.90 Å². The SMILES string of the molecule is COc1ccc(S(=O)(=O)Nc2cnn(-c3ccccc3)c2)cc1Cl. The van der Waals surface area contributed by atoms with Crippen molar-refractivity contribution >= 4 is 27.3 Å². The Balaban J connectivity index is 1.85. The van der Waals surface area contributed by atoms with Gasteiger partial charge in [-0.25, -0.2) is 13.1 Å². The minimum Gasteiger partial charge on any atom is -0.495 e. The van der Waals surface area contributed by atoms with Crippen LogP contribution in [-0.4, -0.2) is 25.3 Å². The van der Waals surface area contributed by atoms with Gasteiger partial charge in [-0.15, -0.1) is 0 Å². The van der Waals surface area contributed by atoms with Crippen molar-refractivity contribution in [3.8, 4) is 11.4 Å². The topological polar surface area (TPSA) is 73.2 Å². The summed E-state index contributed by atoms with van der Waals surface area (Å²) in [6.45, 7) is 0. The zero-order valence-corrected chi connectivity index (χ0v) is 14.3. The summed E-state index contributed by atoms with van der Waals surface area (Å²) in [6, 6.07) is 13.6. The number of nitrogens with zero attached hydrogens (tertiary/aromatic N) is 2. The molecule has 8 heteroatoms. The van der Waals surface area contributed by atoms with Gasteiger partial charge in [0.2, 0.25) is 0 Å². The molecule has 0 unspecified atom stereocenters. The van der Waals surface area contributed by atoms with Crippen molar-refractivity contribution in [3.63, 3.8) is 0 Å². The highest BCUT2D eigenvalue weighted by molar-refractivity contribution is 7.92. The molecule has 2 aromatic carbocycles. The average Bonchev–Trinajstić information content (AvgIpc) is 3.03. The smallest absolute Gasteiger partial charge is 0.262 e. The second-order valence-electron chi connectivity index (χ2n) is 4.91. The van der Waals surface area contributed by atoms with Gasteiger partial charge < -0.3 is 4.74 Å². The molecular weight excluding hydrogens is 350 g/mol. The Hall–Kier alpha value is -2.51. The number of rotatable bonds is 5. The molecule has 0 aliphatic carbocycles. The summed E-state index contributed by atoms with van der Waals surface area (Å²) in [5.41, 5.74) is 1.18. The molecule has 3 rings (SSSR count). The number of halogens is 1. The van der Waals surface area contributed by atoms with E-state index in [4.69, 9.17) is 16.3 Å². The van der Waals surface area contributed by atoms with Crippen LogP contribution in [0.3, 0.4) is 0 Å². The lowest BCUT2D eigenvalue weighted by molar-refractivity contribution is 0.414. The van der Waals surface area contributed by atoms with E-state index < -0.39 is 10.0 Å². The highest BCUT2D eigenvalue weighted by Gasteiger charge is 2.17. The number of ether oxygens (including phenoxy) is 1. The van der Waals surface area contributed by atoms with Gasteiger partial charge in [0.15, 0.2) is 0 Å². The number of sulfonamides is 1. The first-order valence-electron chi connectivity index (χ1n) is 6.96. The van der Waals surface area contributed by atoms with E-state index in [0.29, 0.717) is 11.4 Å². The second-order valence-corrected chi connectivity index (χ2v) is 7.00. The highest BCUT2D eigenvalue weighted by atomic mass is 35.5. The van der Waals surface area contributed by atoms with Gasteiger partial charge in [-0.3, -0.25) is 4.72 Å². The molecular formula is C16H14ClN3O3S. The van der Waals surface area contributed by atoms with Gasteiger partial charge in [-0.05, 0) is 30.3 Å². The van der Waals surface area contributed by atoms with E-state index >= 15 is 0 Å². The van der Waals surface area contributed by atoms with Crippen LogP contribution in [-0.2, 0) is 10.0 Å². The molecule has 6 nitrogen and oxygen atoms in total. The molecule has 1 aromatic heterocycles.